The summed E-state index contributed by atoms with van der Waals surface area (Å²) in [6.45, 7) is 2.66. The number of benzene rings is 2. The highest BCUT2D eigenvalue weighted by Crippen LogP contribution is 2.29. The fourth-order valence-electron chi connectivity index (χ4n) is 2.49. The Morgan fingerprint density at radius 3 is 2.59 bits per heavy atom. The monoisotopic (exact) mass is 363 g/mol. The zero-order valence-electron chi connectivity index (χ0n) is 15.3. The summed E-state index contributed by atoms with van der Waals surface area (Å²) in [5.41, 5.74) is 2.02. The molecule has 1 aliphatic heterocycles. The molecule has 0 aromatic heterocycles. The number of cyclic esters (lactones) is 1. The van der Waals surface area contributed by atoms with Crippen molar-refractivity contribution >= 4 is 24.0 Å². The standard InChI is InChI=1S/C22H21NO4/c1-3-13-26-19-11-9-17(15-20(19)25-2)14-18-22(24)27-21(23-18)12-10-16-7-5-4-6-8-16/h4-12,14-15H,3,13H2,1-2H3/b12-10+,18-14+. The summed E-state index contributed by atoms with van der Waals surface area (Å²) in [6, 6.07) is 15.2. The first-order chi connectivity index (χ1) is 13.2. The van der Waals surface area contributed by atoms with Gasteiger partial charge in [0.15, 0.2) is 17.2 Å². The van der Waals surface area contributed by atoms with Crippen LogP contribution in [0.25, 0.3) is 12.2 Å². The van der Waals surface area contributed by atoms with E-state index in [2.05, 4.69) is 4.99 Å². The summed E-state index contributed by atoms with van der Waals surface area (Å²) >= 11 is 0. The van der Waals surface area contributed by atoms with E-state index in [0.717, 1.165) is 17.5 Å². The van der Waals surface area contributed by atoms with Crippen molar-refractivity contribution in [3.8, 4) is 11.5 Å². The lowest BCUT2D eigenvalue weighted by Crippen LogP contribution is -2.01. The second kappa shape index (κ2) is 8.85. The van der Waals surface area contributed by atoms with E-state index in [1.807, 2.05) is 55.5 Å². The minimum Gasteiger partial charge on any atom is -0.493 e. The Balaban J connectivity index is 1.78. The second-order valence-corrected chi connectivity index (χ2v) is 5.87. The first kappa shape index (κ1) is 18.5. The zero-order valence-corrected chi connectivity index (χ0v) is 15.3. The topological polar surface area (TPSA) is 57.1 Å². The van der Waals surface area contributed by atoms with Crippen molar-refractivity contribution in [1.29, 1.82) is 0 Å². The molecule has 3 rings (SSSR count). The van der Waals surface area contributed by atoms with Gasteiger partial charge in [-0.1, -0.05) is 43.3 Å². The lowest BCUT2D eigenvalue weighted by atomic mass is 10.1. The quantitative estimate of drug-likeness (QED) is 0.537. The number of nitrogens with zero attached hydrogens (tertiary/aromatic N) is 1. The third-order valence-electron chi connectivity index (χ3n) is 3.81. The lowest BCUT2D eigenvalue weighted by molar-refractivity contribution is -0.129. The Morgan fingerprint density at radius 1 is 1.04 bits per heavy atom. The number of carbonyl (C=O) groups excluding carboxylic acids is 1. The normalized spacial score (nSPS) is 15.1. The molecule has 0 bridgehead atoms. The first-order valence-electron chi connectivity index (χ1n) is 8.76. The van der Waals surface area contributed by atoms with Crippen LogP contribution in [0.3, 0.4) is 0 Å². The van der Waals surface area contributed by atoms with E-state index in [9.17, 15) is 4.79 Å². The number of carbonyl (C=O) groups is 1. The minimum absolute atomic E-state index is 0.243. The number of aliphatic imine (C=N–C) groups is 1. The van der Waals surface area contributed by atoms with Crippen LogP contribution in [0.1, 0.15) is 24.5 Å². The summed E-state index contributed by atoms with van der Waals surface area (Å²) in [4.78, 5) is 16.3. The van der Waals surface area contributed by atoms with E-state index < -0.39 is 5.97 Å². The van der Waals surface area contributed by atoms with Gasteiger partial charge in [-0.2, -0.15) is 0 Å². The van der Waals surface area contributed by atoms with Crippen LogP contribution >= 0.6 is 0 Å². The molecule has 138 valence electrons. The SMILES string of the molecule is CCCOc1ccc(/C=C2N=C(/C=C/c3ccccc3)OC/2=O)cc1OC. The highest BCUT2D eigenvalue weighted by Gasteiger charge is 2.21. The number of esters is 1. The molecular weight excluding hydrogens is 342 g/mol. The number of methoxy groups -OCH3 is 1. The fourth-order valence-corrected chi connectivity index (χ4v) is 2.49. The number of hydrogen-bond donors (Lipinski definition) is 0. The van der Waals surface area contributed by atoms with Crippen molar-refractivity contribution in [2.75, 3.05) is 13.7 Å². The third kappa shape index (κ3) is 4.85. The molecule has 0 atom stereocenters. The largest absolute Gasteiger partial charge is 0.493 e. The van der Waals surface area contributed by atoms with Gasteiger partial charge in [0.05, 0.1) is 13.7 Å². The van der Waals surface area contributed by atoms with Crippen LogP contribution in [0.2, 0.25) is 0 Å². The highest BCUT2D eigenvalue weighted by atomic mass is 16.6. The Labute approximate surface area is 158 Å². The molecule has 0 saturated carbocycles. The van der Waals surface area contributed by atoms with Crippen LogP contribution in [0, 0.1) is 0 Å². The van der Waals surface area contributed by atoms with Crippen LogP contribution in [-0.4, -0.2) is 25.6 Å². The smallest absolute Gasteiger partial charge is 0.363 e. The van der Waals surface area contributed by atoms with Gasteiger partial charge in [-0.3, -0.25) is 0 Å². The van der Waals surface area contributed by atoms with E-state index in [4.69, 9.17) is 14.2 Å². The van der Waals surface area contributed by atoms with Crippen molar-refractivity contribution in [3.63, 3.8) is 0 Å². The molecular formula is C22H21NO4. The maximum absolute atomic E-state index is 12.1. The average molecular weight is 363 g/mol. The van der Waals surface area contributed by atoms with Gasteiger partial charge in [-0.25, -0.2) is 9.79 Å². The van der Waals surface area contributed by atoms with Crippen LogP contribution in [0.5, 0.6) is 11.5 Å². The molecule has 1 heterocycles. The van der Waals surface area contributed by atoms with Crippen molar-refractivity contribution < 1.29 is 19.0 Å². The van der Waals surface area contributed by atoms with Gasteiger partial charge in [0.25, 0.3) is 0 Å². The maximum atomic E-state index is 12.1. The summed E-state index contributed by atoms with van der Waals surface area (Å²) in [6.07, 6.45) is 6.10. The number of rotatable bonds is 7. The minimum atomic E-state index is -0.479. The van der Waals surface area contributed by atoms with Crippen molar-refractivity contribution in [2.24, 2.45) is 4.99 Å². The first-order valence-corrected chi connectivity index (χ1v) is 8.76. The molecule has 0 fully saturated rings. The van der Waals surface area contributed by atoms with E-state index in [0.29, 0.717) is 18.1 Å². The molecule has 0 amide bonds. The van der Waals surface area contributed by atoms with Crippen LogP contribution in [0.4, 0.5) is 0 Å². The Morgan fingerprint density at radius 2 is 1.85 bits per heavy atom. The van der Waals surface area contributed by atoms with Gasteiger partial charge in [0.2, 0.25) is 5.90 Å². The van der Waals surface area contributed by atoms with Crippen molar-refractivity contribution in [1.82, 2.24) is 0 Å². The van der Waals surface area contributed by atoms with Gasteiger partial charge in [0.1, 0.15) is 0 Å². The van der Waals surface area contributed by atoms with Gasteiger partial charge >= 0.3 is 5.97 Å². The van der Waals surface area contributed by atoms with Crippen LogP contribution in [0.15, 0.2) is 65.3 Å². The average Bonchev–Trinajstić information content (AvgIpc) is 3.05. The Hall–Kier alpha value is -3.34. The highest BCUT2D eigenvalue weighted by molar-refractivity contribution is 6.11. The number of hydrogen-bond acceptors (Lipinski definition) is 5. The Bertz CT molecular complexity index is 898. The van der Waals surface area contributed by atoms with Crippen molar-refractivity contribution in [2.45, 2.75) is 13.3 Å². The van der Waals surface area contributed by atoms with Crippen LogP contribution in [-0.2, 0) is 9.53 Å². The maximum Gasteiger partial charge on any atom is 0.363 e. The molecule has 0 unspecified atom stereocenters. The number of ether oxygens (including phenoxy) is 3. The molecule has 5 nitrogen and oxygen atoms in total. The van der Waals surface area contributed by atoms with E-state index in [1.165, 1.54) is 0 Å². The van der Waals surface area contributed by atoms with Gasteiger partial charge in [0, 0.05) is 6.08 Å². The molecule has 2 aromatic rings. The molecule has 1 aliphatic rings. The van der Waals surface area contributed by atoms with E-state index >= 15 is 0 Å². The van der Waals surface area contributed by atoms with E-state index in [1.54, 1.807) is 25.3 Å². The third-order valence-corrected chi connectivity index (χ3v) is 3.81. The molecule has 5 heteroatoms. The van der Waals surface area contributed by atoms with Gasteiger partial charge < -0.3 is 14.2 Å². The predicted molar refractivity (Wildman–Crippen MR) is 106 cm³/mol. The molecule has 0 spiro atoms. The molecule has 2 aromatic carbocycles. The summed E-state index contributed by atoms with van der Waals surface area (Å²) in [5, 5.41) is 0. The van der Waals surface area contributed by atoms with Crippen LogP contribution < -0.4 is 9.47 Å². The zero-order chi connectivity index (χ0) is 19.1. The molecule has 0 saturated heterocycles. The summed E-state index contributed by atoms with van der Waals surface area (Å²) in [7, 11) is 1.58. The summed E-state index contributed by atoms with van der Waals surface area (Å²) < 4.78 is 16.2. The van der Waals surface area contributed by atoms with Gasteiger partial charge in [-0.15, -0.1) is 0 Å². The van der Waals surface area contributed by atoms with Gasteiger partial charge in [-0.05, 0) is 41.8 Å². The molecule has 27 heavy (non-hydrogen) atoms. The Kier molecular flexibility index (Phi) is 6.05. The van der Waals surface area contributed by atoms with Crippen molar-refractivity contribution in [3.05, 3.63) is 71.4 Å². The predicted octanol–water partition coefficient (Wildman–Crippen LogP) is 4.49. The van der Waals surface area contributed by atoms with E-state index in [-0.39, 0.29) is 11.6 Å². The summed E-state index contributed by atoms with van der Waals surface area (Å²) in [5.74, 6) is 1.07. The lowest BCUT2D eigenvalue weighted by Gasteiger charge is -2.10. The molecule has 0 N–H and O–H groups in total. The molecule has 0 radical (unpaired) electrons. The fraction of sp³-hybridized carbons (Fsp3) is 0.182. The second-order valence-electron chi connectivity index (χ2n) is 5.87. The molecule has 0 aliphatic carbocycles.